The molecule has 0 radical (unpaired) electrons. The number of halogens is 1. The smallest absolute Gasteiger partial charge is 0.215 e. The predicted molar refractivity (Wildman–Crippen MR) is 138 cm³/mol. The summed E-state index contributed by atoms with van der Waals surface area (Å²) in [5.74, 6) is 0. The third-order valence-electron chi connectivity index (χ3n) is 6.14. The van der Waals surface area contributed by atoms with Crippen LogP contribution in [0.2, 0.25) is 5.02 Å². The molecular weight excluding hydrogens is 506 g/mol. The number of nitrogens with one attached hydrogen (secondary N) is 1. The maximum absolute atomic E-state index is 12.9. The molecule has 35 heavy (non-hydrogen) atoms. The van der Waals surface area contributed by atoms with E-state index in [0.717, 1.165) is 15.1 Å². The van der Waals surface area contributed by atoms with E-state index < -0.39 is 28.3 Å². The van der Waals surface area contributed by atoms with Gasteiger partial charge in [0, 0.05) is 27.9 Å². The second-order valence-electron chi connectivity index (χ2n) is 8.90. The number of fused-ring (bicyclic) bond motifs is 1. The van der Waals surface area contributed by atoms with Crippen molar-refractivity contribution in [2.24, 2.45) is 0 Å². The van der Waals surface area contributed by atoms with Crippen molar-refractivity contribution in [3.8, 4) is 11.3 Å². The van der Waals surface area contributed by atoms with Gasteiger partial charge in [-0.2, -0.15) is 0 Å². The summed E-state index contributed by atoms with van der Waals surface area (Å²) in [4.78, 5) is 9.74. The number of pyridine rings is 2. The lowest BCUT2D eigenvalue weighted by Gasteiger charge is -2.21. The van der Waals surface area contributed by atoms with Crippen LogP contribution in [0.3, 0.4) is 0 Å². The molecule has 3 aromatic heterocycles. The van der Waals surface area contributed by atoms with Gasteiger partial charge in [-0.15, -0.1) is 11.3 Å². The number of hydrogen-bond acceptors (Lipinski definition) is 7. The van der Waals surface area contributed by atoms with E-state index in [1.807, 2.05) is 30.3 Å². The Balaban J connectivity index is 1.62. The largest absolute Gasteiger partial charge is 0.393 e. The molecule has 3 N–H and O–H groups in total. The van der Waals surface area contributed by atoms with Crippen LogP contribution in [-0.2, 0) is 15.6 Å². The van der Waals surface area contributed by atoms with Gasteiger partial charge < -0.3 is 10.2 Å². The number of rotatable bonds is 8. The van der Waals surface area contributed by atoms with Gasteiger partial charge in [0.15, 0.2) is 0 Å². The molecule has 0 amide bonds. The Bertz CT molecular complexity index is 1500. The highest BCUT2D eigenvalue weighted by Crippen LogP contribution is 2.40. The van der Waals surface area contributed by atoms with Crippen molar-refractivity contribution >= 4 is 43.2 Å². The van der Waals surface area contributed by atoms with Crippen molar-refractivity contribution in [3.63, 3.8) is 0 Å². The number of sulfonamides is 1. The summed E-state index contributed by atoms with van der Waals surface area (Å²) < 4.78 is 29.5. The SMILES string of the molecule is CC(O)(CO)c1ccnc(-c2ccnc3cc(C(NS(=O)(=O)C4CC4)c4ccccc4Cl)sc23)c1. The molecule has 0 bridgehead atoms. The summed E-state index contributed by atoms with van der Waals surface area (Å²) >= 11 is 7.92. The van der Waals surface area contributed by atoms with E-state index in [0.29, 0.717) is 40.2 Å². The number of benzene rings is 1. The van der Waals surface area contributed by atoms with E-state index in [9.17, 15) is 18.6 Å². The van der Waals surface area contributed by atoms with E-state index in [4.69, 9.17) is 11.6 Å². The minimum absolute atomic E-state index is 0.373. The van der Waals surface area contributed by atoms with E-state index in [1.165, 1.54) is 18.3 Å². The van der Waals surface area contributed by atoms with Crippen LogP contribution in [0.25, 0.3) is 21.5 Å². The van der Waals surface area contributed by atoms with E-state index >= 15 is 0 Å². The third-order valence-corrected chi connectivity index (χ3v) is 9.62. The van der Waals surface area contributed by atoms with E-state index in [-0.39, 0.29) is 5.25 Å². The number of aromatic nitrogens is 2. The second kappa shape index (κ2) is 9.24. The van der Waals surface area contributed by atoms with Gasteiger partial charge in [-0.3, -0.25) is 9.97 Å². The van der Waals surface area contributed by atoms with Gasteiger partial charge in [0.1, 0.15) is 5.60 Å². The van der Waals surface area contributed by atoms with E-state index in [1.54, 1.807) is 30.6 Å². The highest BCUT2D eigenvalue weighted by Gasteiger charge is 2.38. The zero-order valence-corrected chi connectivity index (χ0v) is 21.2. The Morgan fingerprint density at radius 1 is 1.17 bits per heavy atom. The van der Waals surface area contributed by atoms with Crippen molar-refractivity contribution in [2.75, 3.05) is 6.61 Å². The molecule has 0 spiro atoms. The summed E-state index contributed by atoms with van der Waals surface area (Å²) in [6, 6.07) is 13.7. The molecule has 2 unspecified atom stereocenters. The second-order valence-corrected chi connectivity index (χ2v) is 12.4. The maximum atomic E-state index is 12.9. The monoisotopic (exact) mass is 529 g/mol. The first-order valence-electron chi connectivity index (χ1n) is 11.1. The number of thiophene rings is 1. The molecule has 7 nitrogen and oxygen atoms in total. The normalized spacial score (nSPS) is 16.8. The summed E-state index contributed by atoms with van der Waals surface area (Å²) in [5.41, 5.74) is 1.92. The molecule has 4 aromatic rings. The lowest BCUT2D eigenvalue weighted by Crippen LogP contribution is -2.31. The van der Waals surface area contributed by atoms with Crippen molar-refractivity contribution in [1.82, 2.24) is 14.7 Å². The fourth-order valence-corrected chi connectivity index (χ4v) is 6.99. The first-order valence-corrected chi connectivity index (χ1v) is 13.9. The Kier molecular flexibility index (Phi) is 6.41. The van der Waals surface area contributed by atoms with Gasteiger partial charge >= 0.3 is 0 Å². The summed E-state index contributed by atoms with van der Waals surface area (Å²) in [6.45, 7) is 1.11. The zero-order valence-electron chi connectivity index (χ0n) is 18.8. The first-order chi connectivity index (χ1) is 16.7. The highest BCUT2D eigenvalue weighted by atomic mass is 35.5. The van der Waals surface area contributed by atoms with Gasteiger partial charge in [0.2, 0.25) is 10.0 Å². The molecule has 0 saturated heterocycles. The van der Waals surface area contributed by atoms with Crippen molar-refractivity contribution in [1.29, 1.82) is 0 Å². The molecule has 182 valence electrons. The molecule has 1 aliphatic rings. The molecule has 10 heteroatoms. The van der Waals surface area contributed by atoms with Crippen LogP contribution in [0.5, 0.6) is 0 Å². The predicted octanol–water partition coefficient (Wildman–Crippen LogP) is 4.38. The van der Waals surface area contributed by atoms with Crippen molar-refractivity contribution in [3.05, 3.63) is 82.0 Å². The van der Waals surface area contributed by atoms with E-state index in [2.05, 4.69) is 14.7 Å². The molecule has 0 aliphatic heterocycles. The molecular formula is C25H24ClN3O4S2. The molecule has 1 aliphatic carbocycles. The van der Waals surface area contributed by atoms with Gasteiger partial charge in [0.05, 0.1) is 33.8 Å². The number of aliphatic hydroxyl groups excluding tert-OH is 1. The fraction of sp³-hybridized carbons (Fsp3) is 0.280. The molecule has 1 saturated carbocycles. The Morgan fingerprint density at radius 3 is 2.63 bits per heavy atom. The van der Waals surface area contributed by atoms with Gasteiger partial charge in [-0.05, 0) is 61.2 Å². The van der Waals surface area contributed by atoms with Crippen molar-refractivity contribution < 1.29 is 18.6 Å². The number of hydrogen-bond donors (Lipinski definition) is 3. The minimum atomic E-state index is -3.51. The Morgan fingerprint density at radius 2 is 1.91 bits per heavy atom. The molecule has 5 rings (SSSR count). The quantitative estimate of drug-likeness (QED) is 0.312. The van der Waals surface area contributed by atoms with Crippen LogP contribution in [0.15, 0.2) is 60.9 Å². The Labute approximate surface area is 212 Å². The Hall–Kier alpha value is -2.40. The van der Waals surface area contributed by atoms with Gasteiger partial charge in [-0.1, -0.05) is 29.8 Å². The lowest BCUT2D eigenvalue weighted by atomic mass is 9.96. The topological polar surface area (TPSA) is 112 Å². The summed E-state index contributed by atoms with van der Waals surface area (Å²) in [5, 5.41) is 20.2. The van der Waals surface area contributed by atoms with Crippen LogP contribution >= 0.6 is 22.9 Å². The average molecular weight is 530 g/mol. The first kappa shape index (κ1) is 24.3. The summed E-state index contributed by atoms with van der Waals surface area (Å²) in [6.07, 6.45) is 4.57. The van der Waals surface area contributed by atoms with Crippen LogP contribution in [0, 0.1) is 0 Å². The standard InChI is InChI=1S/C25H24ClN3O4S2/c1-25(31,14-30)15-8-10-27-20(12-15)18-9-11-28-21-13-22(34-24(18)21)23(17-4-2-3-5-19(17)26)29-35(32,33)16-6-7-16/h2-5,8-13,16,23,29-31H,6-7,14H2,1H3. The third kappa shape index (κ3) is 4.84. The van der Waals surface area contributed by atoms with Crippen LogP contribution in [0.1, 0.15) is 41.8 Å². The molecule has 1 aromatic carbocycles. The average Bonchev–Trinajstić information content (AvgIpc) is 3.63. The molecule has 1 fully saturated rings. The minimum Gasteiger partial charge on any atom is -0.393 e. The molecule has 2 atom stereocenters. The van der Waals surface area contributed by atoms with Gasteiger partial charge in [-0.25, -0.2) is 13.1 Å². The van der Waals surface area contributed by atoms with Gasteiger partial charge in [0.25, 0.3) is 0 Å². The number of aliphatic hydroxyl groups is 2. The van der Waals surface area contributed by atoms with Crippen LogP contribution in [0.4, 0.5) is 0 Å². The number of nitrogens with zero attached hydrogens (tertiary/aromatic N) is 2. The fourth-order valence-electron chi connectivity index (χ4n) is 3.93. The highest BCUT2D eigenvalue weighted by molar-refractivity contribution is 7.90. The van der Waals surface area contributed by atoms with Crippen LogP contribution < -0.4 is 4.72 Å². The summed E-state index contributed by atoms with van der Waals surface area (Å²) in [7, 11) is -3.51. The zero-order chi connectivity index (χ0) is 24.8. The van der Waals surface area contributed by atoms with Crippen molar-refractivity contribution in [2.45, 2.75) is 36.7 Å². The lowest BCUT2D eigenvalue weighted by molar-refractivity contribution is -0.00230. The molecule has 3 heterocycles. The maximum Gasteiger partial charge on any atom is 0.215 e. The van der Waals surface area contributed by atoms with Crippen LogP contribution in [-0.4, -0.2) is 40.5 Å².